The van der Waals surface area contributed by atoms with Crippen LogP contribution in [-0.4, -0.2) is 11.3 Å². The van der Waals surface area contributed by atoms with Crippen molar-refractivity contribution in [1.29, 1.82) is 0 Å². The summed E-state index contributed by atoms with van der Waals surface area (Å²) in [5.41, 5.74) is 0.601. The molecule has 4 heteroatoms. The van der Waals surface area contributed by atoms with Crippen LogP contribution in [0.4, 0.5) is 0 Å². The van der Waals surface area contributed by atoms with Crippen LogP contribution in [0.3, 0.4) is 0 Å². The van der Waals surface area contributed by atoms with Gasteiger partial charge >= 0.3 is 0 Å². The van der Waals surface area contributed by atoms with Crippen LogP contribution >= 0.6 is 11.3 Å². The number of carbonyl (C=O) groups is 1. The number of aldehydes is 1. The van der Waals surface area contributed by atoms with E-state index in [9.17, 15) is 4.79 Å². The number of nitrogens with zero attached hydrogens (tertiary/aromatic N) is 1. The minimum absolute atomic E-state index is 0.435. The molecule has 2 aromatic carbocycles. The number of hydrogen-bond acceptors (Lipinski definition) is 4. The lowest BCUT2D eigenvalue weighted by molar-refractivity contribution is 0.112. The van der Waals surface area contributed by atoms with Crippen LogP contribution in [0.15, 0.2) is 42.6 Å². The van der Waals surface area contributed by atoms with Gasteiger partial charge in [-0.05, 0) is 23.8 Å². The minimum atomic E-state index is 0.435. The van der Waals surface area contributed by atoms with Gasteiger partial charge in [0.05, 0.1) is 15.4 Å². The lowest BCUT2D eigenvalue weighted by Crippen LogP contribution is -1.97. The Bertz CT molecular complexity index is 764. The lowest BCUT2D eigenvalue weighted by Gasteiger charge is -2.09. The minimum Gasteiger partial charge on any atom is -0.487 e. The van der Waals surface area contributed by atoms with E-state index in [2.05, 4.69) is 4.98 Å². The summed E-state index contributed by atoms with van der Waals surface area (Å²) in [5.74, 6) is 0.616. The van der Waals surface area contributed by atoms with Crippen LogP contribution in [0, 0.1) is 6.92 Å². The molecule has 1 heterocycles. The molecule has 0 aliphatic heterocycles. The molecule has 0 amide bonds. The summed E-state index contributed by atoms with van der Waals surface area (Å²) < 4.78 is 5.77. The van der Waals surface area contributed by atoms with Crippen LogP contribution in [0.1, 0.15) is 20.2 Å². The highest BCUT2D eigenvalue weighted by Crippen LogP contribution is 2.27. The van der Waals surface area contributed by atoms with Crippen LogP contribution in [0.2, 0.25) is 0 Å². The first-order valence-corrected chi connectivity index (χ1v) is 7.10. The Balaban J connectivity index is 1.93. The van der Waals surface area contributed by atoms with E-state index in [4.69, 9.17) is 4.74 Å². The topological polar surface area (TPSA) is 39.2 Å². The molecule has 3 rings (SSSR count). The van der Waals surface area contributed by atoms with Crippen molar-refractivity contribution < 1.29 is 9.53 Å². The van der Waals surface area contributed by atoms with Gasteiger partial charge in [-0.2, -0.15) is 0 Å². The average molecular weight is 283 g/mol. The number of fused-ring (bicyclic) bond motifs is 1. The summed E-state index contributed by atoms with van der Waals surface area (Å²) in [6.07, 6.45) is 2.66. The standard InChI is InChI=1S/C16H13NO2S/c1-11-17-8-13(20-11)10-19-16-7-6-12-4-2-3-5-14(12)15(16)9-18/h2-9H,10H2,1H3. The zero-order valence-electron chi connectivity index (χ0n) is 11.0. The van der Waals surface area contributed by atoms with Crippen LogP contribution in [0.5, 0.6) is 5.75 Å². The fraction of sp³-hybridized carbons (Fsp3) is 0.125. The lowest BCUT2D eigenvalue weighted by atomic mass is 10.0. The Hall–Kier alpha value is -2.20. The summed E-state index contributed by atoms with van der Waals surface area (Å²) in [6, 6.07) is 11.6. The zero-order valence-corrected chi connectivity index (χ0v) is 11.8. The zero-order chi connectivity index (χ0) is 13.9. The molecule has 0 radical (unpaired) electrons. The number of aromatic nitrogens is 1. The van der Waals surface area contributed by atoms with Gasteiger partial charge in [-0.1, -0.05) is 30.3 Å². The highest BCUT2D eigenvalue weighted by atomic mass is 32.1. The van der Waals surface area contributed by atoms with E-state index in [0.29, 0.717) is 17.9 Å². The molecule has 3 aromatic rings. The van der Waals surface area contributed by atoms with Gasteiger partial charge in [0.1, 0.15) is 12.4 Å². The highest BCUT2D eigenvalue weighted by Gasteiger charge is 2.08. The summed E-state index contributed by atoms with van der Waals surface area (Å²) in [6.45, 7) is 2.39. The van der Waals surface area contributed by atoms with E-state index in [1.807, 2.05) is 49.5 Å². The number of benzene rings is 2. The fourth-order valence-electron chi connectivity index (χ4n) is 2.14. The van der Waals surface area contributed by atoms with Crippen molar-refractivity contribution in [2.24, 2.45) is 0 Å². The van der Waals surface area contributed by atoms with Gasteiger partial charge in [-0.15, -0.1) is 11.3 Å². The first-order chi connectivity index (χ1) is 9.78. The molecule has 0 unspecified atom stereocenters. The molecule has 1 aromatic heterocycles. The van der Waals surface area contributed by atoms with Gasteiger partial charge in [-0.25, -0.2) is 4.98 Å². The quantitative estimate of drug-likeness (QED) is 0.679. The van der Waals surface area contributed by atoms with Crippen molar-refractivity contribution in [2.75, 3.05) is 0 Å². The third-order valence-electron chi connectivity index (χ3n) is 3.09. The second-order valence-corrected chi connectivity index (χ2v) is 5.77. The number of rotatable bonds is 4. The predicted octanol–water partition coefficient (Wildman–Crippen LogP) is 4.00. The number of aryl methyl sites for hydroxylation is 1. The van der Waals surface area contributed by atoms with Gasteiger partial charge < -0.3 is 4.74 Å². The first kappa shape index (κ1) is 12.8. The van der Waals surface area contributed by atoms with Crippen molar-refractivity contribution in [2.45, 2.75) is 13.5 Å². The molecule has 0 saturated carbocycles. The van der Waals surface area contributed by atoms with E-state index >= 15 is 0 Å². The number of hydrogen-bond donors (Lipinski definition) is 0. The Morgan fingerprint density at radius 1 is 1.25 bits per heavy atom. The van der Waals surface area contributed by atoms with Crippen molar-refractivity contribution in [3.05, 3.63) is 58.0 Å². The number of carbonyl (C=O) groups excluding carboxylic acids is 1. The first-order valence-electron chi connectivity index (χ1n) is 6.29. The van der Waals surface area contributed by atoms with E-state index in [1.54, 1.807) is 11.3 Å². The Labute approximate surface area is 120 Å². The smallest absolute Gasteiger partial charge is 0.154 e. The van der Waals surface area contributed by atoms with Crippen LogP contribution in [-0.2, 0) is 6.61 Å². The van der Waals surface area contributed by atoms with Gasteiger partial charge in [-0.3, -0.25) is 4.79 Å². The molecule has 0 aliphatic rings. The maximum Gasteiger partial charge on any atom is 0.154 e. The summed E-state index contributed by atoms with van der Waals surface area (Å²) in [7, 11) is 0. The normalized spacial score (nSPS) is 10.7. The molecule has 0 N–H and O–H groups in total. The monoisotopic (exact) mass is 283 g/mol. The molecule has 100 valence electrons. The number of thiazole rings is 1. The SMILES string of the molecule is Cc1ncc(COc2ccc3ccccc3c2C=O)s1. The van der Waals surface area contributed by atoms with Crippen molar-refractivity contribution >= 4 is 28.4 Å². The van der Waals surface area contributed by atoms with Crippen molar-refractivity contribution in [1.82, 2.24) is 4.98 Å². The van der Waals surface area contributed by atoms with Gasteiger partial charge in [0.15, 0.2) is 6.29 Å². The molecule has 3 nitrogen and oxygen atoms in total. The molecule has 0 fully saturated rings. The van der Waals surface area contributed by atoms with Gasteiger partial charge in [0.25, 0.3) is 0 Å². The van der Waals surface area contributed by atoms with E-state index in [1.165, 1.54) is 0 Å². The molecule has 0 saturated heterocycles. The van der Waals surface area contributed by atoms with Crippen LogP contribution < -0.4 is 4.74 Å². The van der Waals surface area contributed by atoms with Gasteiger partial charge in [0, 0.05) is 6.20 Å². The largest absolute Gasteiger partial charge is 0.487 e. The Kier molecular flexibility index (Phi) is 3.48. The summed E-state index contributed by atoms with van der Waals surface area (Å²) in [5, 5.41) is 2.97. The number of ether oxygens (including phenoxy) is 1. The van der Waals surface area contributed by atoms with Crippen molar-refractivity contribution in [3.63, 3.8) is 0 Å². The molecular weight excluding hydrogens is 270 g/mol. The maximum atomic E-state index is 11.4. The molecule has 0 bridgehead atoms. The van der Waals surface area contributed by atoms with E-state index in [0.717, 1.165) is 26.9 Å². The molecular formula is C16H13NO2S. The van der Waals surface area contributed by atoms with Gasteiger partial charge in [0.2, 0.25) is 0 Å². The maximum absolute atomic E-state index is 11.4. The Morgan fingerprint density at radius 2 is 2.10 bits per heavy atom. The fourth-order valence-corrected chi connectivity index (χ4v) is 2.85. The molecule has 0 spiro atoms. The molecule has 0 atom stereocenters. The third-order valence-corrected chi connectivity index (χ3v) is 3.97. The second-order valence-electron chi connectivity index (χ2n) is 4.45. The van der Waals surface area contributed by atoms with E-state index < -0.39 is 0 Å². The third kappa shape index (κ3) is 2.42. The molecule has 20 heavy (non-hydrogen) atoms. The molecule has 0 aliphatic carbocycles. The highest BCUT2D eigenvalue weighted by molar-refractivity contribution is 7.11. The predicted molar refractivity (Wildman–Crippen MR) is 80.5 cm³/mol. The average Bonchev–Trinajstić information content (AvgIpc) is 2.90. The summed E-state index contributed by atoms with van der Waals surface area (Å²) in [4.78, 5) is 16.6. The van der Waals surface area contributed by atoms with Crippen molar-refractivity contribution in [3.8, 4) is 5.75 Å². The second kappa shape index (κ2) is 5.43. The van der Waals surface area contributed by atoms with E-state index in [-0.39, 0.29) is 0 Å². The van der Waals surface area contributed by atoms with Crippen LogP contribution in [0.25, 0.3) is 10.8 Å². The summed E-state index contributed by atoms with van der Waals surface area (Å²) >= 11 is 1.60. The Morgan fingerprint density at radius 3 is 2.85 bits per heavy atom.